The number of amides is 1. The average molecular weight is 277 g/mol. The van der Waals surface area contributed by atoms with E-state index < -0.39 is 17.6 Å². The Balaban J connectivity index is 1.91. The maximum Gasteiger partial charge on any atom is 0.410 e. The molecule has 2 rings (SSSR count). The number of nitrogens with zero attached hydrogens (tertiary/aromatic N) is 1. The van der Waals surface area contributed by atoms with Crippen LogP contribution in [0.1, 0.15) is 12.5 Å². The van der Waals surface area contributed by atoms with Gasteiger partial charge in [0.2, 0.25) is 0 Å². The number of carbonyl (C=O) groups is 2. The molecule has 1 aromatic rings. The predicted molar refractivity (Wildman–Crippen MR) is 69.6 cm³/mol. The monoisotopic (exact) mass is 277 g/mol. The van der Waals surface area contributed by atoms with Gasteiger partial charge >= 0.3 is 6.09 Å². The standard InChI is InChI=1S/C14H18N2O4/c1-14(12(17)18)10-16(8-7-15-14)13(19)20-9-11-5-3-2-4-6-11/h2-6,15H,7-10H2,1H3,(H,17,18)/p-1/t14-/m1/s1. The second-order valence-corrected chi connectivity index (χ2v) is 5.01. The number of piperazine rings is 1. The van der Waals surface area contributed by atoms with Crippen molar-refractivity contribution in [1.82, 2.24) is 10.2 Å². The highest BCUT2D eigenvalue weighted by atomic mass is 16.6. The molecule has 1 aliphatic heterocycles. The van der Waals surface area contributed by atoms with Gasteiger partial charge in [-0.25, -0.2) is 4.79 Å². The number of carboxylic acid groups (broad SMARTS) is 1. The molecule has 1 N–H and O–H groups in total. The molecule has 0 radical (unpaired) electrons. The zero-order chi connectivity index (χ0) is 14.6. The van der Waals surface area contributed by atoms with Gasteiger partial charge in [0.25, 0.3) is 0 Å². The van der Waals surface area contributed by atoms with E-state index in [1.165, 1.54) is 11.8 Å². The van der Waals surface area contributed by atoms with E-state index in [9.17, 15) is 14.7 Å². The fourth-order valence-electron chi connectivity index (χ4n) is 2.09. The van der Waals surface area contributed by atoms with Crippen LogP contribution in [0.3, 0.4) is 0 Å². The lowest BCUT2D eigenvalue weighted by atomic mass is 10.00. The normalized spacial score (nSPS) is 22.4. The van der Waals surface area contributed by atoms with Crippen molar-refractivity contribution in [1.29, 1.82) is 0 Å². The van der Waals surface area contributed by atoms with Crippen molar-refractivity contribution in [2.45, 2.75) is 19.1 Å². The quantitative estimate of drug-likeness (QED) is 0.823. The molecule has 0 saturated carbocycles. The van der Waals surface area contributed by atoms with Crippen molar-refractivity contribution >= 4 is 12.1 Å². The van der Waals surface area contributed by atoms with Crippen molar-refractivity contribution in [3.8, 4) is 0 Å². The number of hydrogen-bond acceptors (Lipinski definition) is 5. The number of nitrogens with one attached hydrogen (secondary N) is 1. The summed E-state index contributed by atoms with van der Waals surface area (Å²) in [6, 6.07) is 9.32. The summed E-state index contributed by atoms with van der Waals surface area (Å²) < 4.78 is 5.19. The molecular formula is C14H17N2O4-. The van der Waals surface area contributed by atoms with Gasteiger partial charge in [0.05, 0.1) is 11.5 Å². The highest BCUT2D eigenvalue weighted by Gasteiger charge is 2.34. The van der Waals surface area contributed by atoms with Crippen LogP contribution in [0, 0.1) is 0 Å². The lowest BCUT2D eigenvalue weighted by Gasteiger charge is -2.41. The predicted octanol–water partition coefficient (Wildman–Crippen LogP) is -0.263. The zero-order valence-electron chi connectivity index (χ0n) is 11.3. The summed E-state index contributed by atoms with van der Waals surface area (Å²) in [5.41, 5.74) is -0.344. The van der Waals surface area contributed by atoms with Gasteiger partial charge in [-0.3, -0.25) is 0 Å². The summed E-state index contributed by atoms with van der Waals surface area (Å²) >= 11 is 0. The molecular weight excluding hydrogens is 260 g/mol. The molecule has 0 aliphatic carbocycles. The van der Waals surface area contributed by atoms with Crippen LogP contribution in [-0.4, -0.2) is 42.1 Å². The molecule has 1 amide bonds. The third-order valence-electron chi connectivity index (χ3n) is 3.32. The number of ether oxygens (including phenoxy) is 1. The van der Waals surface area contributed by atoms with Crippen LogP contribution >= 0.6 is 0 Å². The van der Waals surface area contributed by atoms with E-state index in [1.807, 2.05) is 30.3 Å². The Morgan fingerprint density at radius 1 is 1.40 bits per heavy atom. The highest BCUT2D eigenvalue weighted by molar-refractivity contribution is 5.78. The molecule has 1 heterocycles. The Hall–Kier alpha value is -2.08. The van der Waals surface area contributed by atoms with Crippen LogP contribution in [0.15, 0.2) is 30.3 Å². The number of benzene rings is 1. The Morgan fingerprint density at radius 3 is 2.75 bits per heavy atom. The molecule has 1 aromatic carbocycles. The third-order valence-corrected chi connectivity index (χ3v) is 3.32. The summed E-state index contributed by atoms with van der Waals surface area (Å²) in [5.74, 6) is -1.22. The third kappa shape index (κ3) is 3.27. The maximum absolute atomic E-state index is 11.9. The lowest BCUT2D eigenvalue weighted by molar-refractivity contribution is -0.314. The van der Waals surface area contributed by atoms with E-state index in [4.69, 9.17) is 4.74 Å². The second kappa shape index (κ2) is 5.92. The van der Waals surface area contributed by atoms with E-state index in [0.717, 1.165) is 5.56 Å². The largest absolute Gasteiger partial charge is 0.548 e. The molecule has 1 aliphatic rings. The molecule has 1 atom stereocenters. The Labute approximate surface area is 117 Å². The summed E-state index contributed by atoms with van der Waals surface area (Å²) in [6.45, 7) is 2.51. The first-order valence-corrected chi connectivity index (χ1v) is 6.43. The van der Waals surface area contributed by atoms with Gasteiger partial charge < -0.3 is 24.9 Å². The van der Waals surface area contributed by atoms with Gasteiger partial charge in [0, 0.05) is 19.6 Å². The van der Waals surface area contributed by atoms with Crippen molar-refractivity contribution in [2.75, 3.05) is 19.6 Å². The van der Waals surface area contributed by atoms with E-state index in [1.54, 1.807) is 0 Å². The Bertz CT molecular complexity index is 491. The zero-order valence-corrected chi connectivity index (χ0v) is 11.3. The number of hydrogen-bond donors (Lipinski definition) is 1. The van der Waals surface area contributed by atoms with Crippen molar-refractivity contribution in [3.05, 3.63) is 35.9 Å². The van der Waals surface area contributed by atoms with Gasteiger partial charge in [-0.05, 0) is 12.5 Å². The molecule has 0 spiro atoms. The van der Waals surface area contributed by atoms with Gasteiger partial charge in [0.15, 0.2) is 0 Å². The first kappa shape index (κ1) is 14.3. The smallest absolute Gasteiger partial charge is 0.410 e. The van der Waals surface area contributed by atoms with Gasteiger partial charge in [-0.2, -0.15) is 0 Å². The van der Waals surface area contributed by atoms with Crippen molar-refractivity contribution in [3.63, 3.8) is 0 Å². The van der Waals surface area contributed by atoms with Gasteiger partial charge in [-0.15, -0.1) is 0 Å². The van der Waals surface area contributed by atoms with E-state index in [-0.39, 0.29) is 13.2 Å². The fraction of sp³-hybridized carbons (Fsp3) is 0.429. The van der Waals surface area contributed by atoms with Crippen LogP contribution < -0.4 is 10.4 Å². The molecule has 6 nitrogen and oxygen atoms in total. The van der Waals surface area contributed by atoms with Crippen LogP contribution in [0.2, 0.25) is 0 Å². The summed E-state index contributed by atoms with van der Waals surface area (Å²) in [5, 5.41) is 13.9. The van der Waals surface area contributed by atoms with Crippen LogP contribution in [0.25, 0.3) is 0 Å². The van der Waals surface area contributed by atoms with Gasteiger partial charge in [0.1, 0.15) is 6.61 Å². The molecule has 0 bridgehead atoms. The highest BCUT2D eigenvalue weighted by Crippen LogP contribution is 2.12. The minimum atomic E-state index is -1.23. The molecule has 1 saturated heterocycles. The first-order valence-electron chi connectivity index (χ1n) is 6.43. The van der Waals surface area contributed by atoms with Crippen LogP contribution in [-0.2, 0) is 16.1 Å². The number of aliphatic carboxylic acids is 1. The average Bonchev–Trinajstić information content (AvgIpc) is 2.46. The number of carboxylic acids is 1. The lowest BCUT2D eigenvalue weighted by Crippen LogP contribution is -2.67. The molecule has 108 valence electrons. The second-order valence-electron chi connectivity index (χ2n) is 5.01. The van der Waals surface area contributed by atoms with E-state index >= 15 is 0 Å². The Morgan fingerprint density at radius 2 is 2.10 bits per heavy atom. The van der Waals surface area contributed by atoms with Crippen molar-refractivity contribution < 1.29 is 19.4 Å². The fourth-order valence-corrected chi connectivity index (χ4v) is 2.09. The minimum absolute atomic E-state index is 0.0307. The summed E-state index contributed by atoms with van der Waals surface area (Å²) in [7, 11) is 0. The topological polar surface area (TPSA) is 81.7 Å². The van der Waals surface area contributed by atoms with E-state index in [0.29, 0.717) is 13.1 Å². The van der Waals surface area contributed by atoms with Crippen molar-refractivity contribution in [2.24, 2.45) is 0 Å². The maximum atomic E-state index is 11.9. The number of rotatable bonds is 3. The molecule has 0 aromatic heterocycles. The molecule has 6 heteroatoms. The molecule has 20 heavy (non-hydrogen) atoms. The Kier molecular flexibility index (Phi) is 4.24. The van der Waals surface area contributed by atoms with Gasteiger partial charge in [-0.1, -0.05) is 30.3 Å². The number of carbonyl (C=O) groups excluding carboxylic acids is 2. The molecule has 1 fully saturated rings. The molecule has 0 unspecified atom stereocenters. The van der Waals surface area contributed by atoms with Crippen LogP contribution in [0.4, 0.5) is 4.79 Å². The summed E-state index contributed by atoms with van der Waals surface area (Å²) in [4.78, 5) is 24.4. The minimum Gasteiger partial charge on any atom is -0.548 e. The first-order chi connectivity index (χ1) is 9.51. The van der Waals surface area contributed by atoms with E-state index in [2.05, 4.69) is 5.32 Å². The summed E-state index contributed by atoms with van der Waals surface area (Å²) in [6.07, 6.45) is -0.511. The van der Waals surface area contributed by atoms with Crippen LogP contribution in [0.5, 0.6) is 0 Å². The SMILES string of the molecule is C[C@]1(C(=O)[O-])CN(C(=O)OCc2ccccc2)CCN1.